The quantitative estimate of drug-likeness (QED) is 0.847. The number of nitrogens with two attached hydrogens (primary N) is 1. The highest BCUT2D eigenvalue weighted by atomic mass is 32.1. The molecular weight excluding hydrogens is 210 g/mol. The predicted octanol–water partition coefficient (Wildman–Crippen LogP) is 1.70. The maximum absolute atomic E-state index is 11.9. The molecule has 0 saturated carbocycles. The number of rotatable bonds is 3. The van der Waals surface area contributed by atoms with E-state index in [1.54, 1.807) is 23.4 Å². The van der Waals surface area contributed by atoms with Gasteiger partial charge in [0.25, 0.3) is 5.91 Å². The minimum absolute atomic E-state index is 0.0935. The van der Waals surface area contributed by atoms with Crippen LogP contribution in [0.25, 0.3) is 0 Å². The second-order valence-electron chi connectivity index (χ2n) is 3.33. The fraction of sp³-hybridized carbons (Fsp3) is 0.400. The molecule has 0 radical (unpaired) electrons. The summed E-state index contributed by atoms with van der Waals surface area (Å²) in [4.78, 5) is 14.0. The molecule has 2 N–H and O–H groups in total. The summed E-state index contributed by atoms with van der Waals surface area (Å²) in [5.41, 5.74) is 6.15. The first kappa shape index (κ1) is 11.5. The highest BCUT2D eigenvalue weighted by Gasteiger charge is 2.20. The molecule has 0 aromatic carbocycles. The van der Waals surface area contributed by atoms with Crippen molar-refractivity contribution in [1.29, 1.82) is 5.26 Å². The lowest BCUT2D eigenvalue weighted by atomic mass is 10.2. The molecule has 1 atom stereocenters. The predicted molar refractivity (Wildman–Crippen MR) is 60.5 cm³/mol. The smallest absolute Gasteiger partial charge is 0.266 e. The standard InChI is InChI=1S/C10H13N3OS/c1-7(3-5-11)13(2)10(14)9-8(12)4-6-15-9/h4,6-7H,3,12H2,1-2H3. The van der Waals surface area contributed by atoms with Crippen LogP contribution in [0.15, 0.2) is 11.4 Å². The molecule has 15 heavy (non-hydrogen) atoms. The zero-order valence-corrected chi connectivity index (χ0v) is 9.54. The van der Waals surface area contributed by atoms with Crippen LogP contribution in [0.4, 0.5) is 5.69 Å². The third-order valence-corrected chi connectivity index (χ3v) is 3.18. The van der Waals surface area contributed by atoms with Gasteiger partial charge in [0, 0.05) is 13.1 Å². The van der Waals surface area contributed by atoms with Gasteiger partial charge in [-0.25, -0.2) is 0 Å². The molecule has 1 aromatic heterocycles. The zero-order valence-electron chi connectivity index (χ0n) is 8.73. The van der Waals surface area contributed by atoms with Crippen LogP contribution in [-0.4, -0.2) is 23.9 Å². The van der Waals surface area contributed by atoms with E-state index in [-0.39, 0.29) is 11.9 Å². The molecule has 0 aliphatic carbocycles. The van der Waals surface area contributed by atoms with E-state index in [4.69, 9.17) is 11.0 Å². The van der Waals surface area contributed by atoms with E-state index in [1.165, 1.54) is 11.3 Å². The average molecular weight is 223 g/mol. The number of thiophene rings is 1. The molecule has 1 aromatic rings. The molecule has 5 heteroatoms. The van der Waals surface area contributed by atoms with E-state index in [0.29, 0.717) is 17.0 Å². The van der Waals surface area contributed by atoms with Crippen LogP contribution in [-0.2, 0) is 0 Å². The number of nitrogen functional groups attached to an aromatic ring is 1. The Labute approximate surface area is 92.9 Å². The maximum Gasteiger partial charge on any atom is 0.266 e. The minimum atomic E-state index is -0.120. The van der Waals surface area contributed by atoms with Gasteiger partial charge in [-0.05, 0) is 18.4 Å². The second-order valence-corrected chi connectivity index (χ2v) is 4.25. The Kier molecular flexibility index (Phi) is 3.69. The van der Waals surface area contributed by atoms with Gasteiger partial charge in [-0.2, -0.15) is 5.26 Å². The molecule has 0 aliphatic heterocycles. The molecule has 1 heterocycles. The van der Waals surface area contributed by atoms with Gasteiger partial charge in [0.2, 0.25) is 0 Å². The van der Waals surface area contributed by atoms with Crippen LogP contribution in [0, 0.1) is 11.3 Å². The van der Waals surface area contributed by atoms with Crippen LogP contribution >= 0.6 is 11.3 Å². The average Bonchev–Trinajstić information content (AvgIpc) is 2.62. The molecule has 0 aliphatic rings. The minimum Gasteiger partial charge on any atom is -0.397 e. The van der Waals surface area contributed by atoms with Crippen molar-refractivity contribution in [2.45, 2.75) is 19.4 Å². The topological polar surface area (TPSA) is 70.1 Å². The van der Waals surface area contributed by atoms with Gasteiger partial charge in [0.05, 0.1) is 18.2 Å². The Balaban J connectivity index is 2.78. The number of anilines is 1. The Morgan fingerprint density at radius 1 is 1.80 bits per heavy atom. The lowest BCUT2D eigenvalue weighted by Crippen LogP contribution is -2.34. The van der Waals surface area contributed by atoms with Crippen LogP contribution in [0.2, 0.25) is 0 Å². The van der Waals surface area contributed by atoms with Crippen molar-refractivity contribution in [3.63, 3.8) is 0 Å². The number of nitrogens with zero attached hydrogens (tertiary/aromatic N) is 2. The van der Waals surface area contributed by atoms with E-state index in [2.05, 4.69) is 0 Å². The summed E-state index contributed by atoms with van der Waals surface area (Å²) in [7, 11) is 1.68. The molecule has 0 spiro atoms. The summed E-state index contributed by atoms with van der Waals surface area (Å²) in [6, 6.07) is 3.66. The van der Waals surface area contributed by atoms with Gasteiger partial charge >= 0.3 is 0 Å². The Hall–Kier alpha value is -1.54. The summed E-state index contributed by atoms with van der Waals surface area (Å²) < 4.78 is 0. The van der Waals surface area contributed by atoms with Gasteiger partial charge in [-0.1, -0.05) is 0 Å². The van der Waals surface area contributed by atoms with Crippen molar-refractivity contribution in [3.8, 4) is 6.07 Å². The van der Waals surface area contributed by atoms with Gasteiger partial charge in [-0.3, -0.25) is 4.79 Å². The number of nitriles is 1. The lowest BCUT2D eigenvalue weighted by molar-refractivity contribution is 0.0752. The third kappa shape index (κ3) is 2.48. The zero-order chi connectivity index (χ0) is 11.4. The molecule has 1 unspecified atom stereocenters. The number of amides is 1. The molecule has 1 amide bonds. The van der Waals surface area contributed by atoms with Crippen molar-refractivity contribution in [2.24, 2.45) is 0 Å². The fourth-order valence-electron chi connectivity index (χ4n) is 1.12. The third-order valence-electron chi connectivity index (χ3n) is 2.26. The Bertz CT molecular complexity index is 394. The molecule has 80 valence electrons. The second kappa shape index (κ2) is 4.80. The van der Waals surface area contributed by atoms with Gasteiger partial charge in [0.1, 0.15) is 4.88 Å². The lowest BCUT2D eigenvalue weighted by Gasteiger charge is -2.22. The first-order valence-electron chi connectivity index (χ1n) is 4.55. The van der Waals surface area contributed by atoms with Crippen LogP contribution < -0.4 is 5.73 Å². The Morgan fingerprint density at radius 2 is 2.47 bits per heavy atom. The molecule has 0 bridgehead atoms. The van der Waals surface area contributed by atoms with Crippen LogP contribution in [0.1, 0.15) is 23.0 Å². The summed E-state index contributed by atoms with van der Waals surface area (Å²) in [5.74, 6) is -0.120. The normalized spacial score (nSPS) is 11.8. The number of carbonyl (C=O) groups excluding carboxylic acids is 1. The van der Waals surface area contributed by atoms with Gasteiger partial charge in [0.15, 0.2) is 0 Å². The molecule has 4 nitrogen and oxygen atoms in total. The van der Waals surface area contributed by atoms with Crippen molar-refractivity contribution < 1.29 is 4.79 Å². The molecular formula is C10H13N3OS. The summed E-state index contributed by atoms with van der Waals surface area (Å²) in [6.45, 7) is 1.84. The molecule has 1 rings (SSSR count). The largest absolute Gasteiger partial charge is 0.397 e. The van der Waals surface area contributed by atoms with E-state index in [9.17, 15) is 4.79 Å². The van der Waals surface area contributed by atoms with Crippen LogP contribution in [0.3, 0.4) is 0 Å². The number of hydrogen-bond acceptors (Lipinski definition) is 4. The first-order chi connectivity index (χ1) is 7.07. The van der Waals surface area contributed by atoms with Crippen molar-refractivity contribution in [1.82, 2.24) is 4.90 Å². The monoisotopic (exact) mass is 223 g/mol. The molecule has 0 fully saturated rings. The van der Waals surface area contributed by atoms with Crippen LogP contribution in [0.5, 0.6) is 0 Å². The van der Waals surface area contributed by atoms with E-state index in [0.717, 1.165) is 0 Å². The number of hydrogen-bond donors (Lipinski definition) is 1. The summed E-state index contributed by atoms with van der Waals surface area (Å²) >= 11 is 1.32. The van der Waals surface area contributed by atoms with Gasteiger partial charge in [-0.15, -0.1) is 11.3 Å². The number of carbonyl (C=O) groups is 1. The molecule has 0 saturated heterocycles. The maximum atomic E-state index is 11.9. The Morgan fingerprint density at radius 3 is 2.93 bits per heavy atom. The highest BCUT2D eigenvalue weighted by Crippen LogP contribution is 2.21. The van der Waals surface area contributed by atoms with Crippen molar-refractivity contribution in [3.05, 3.63) is 16.3 Å². The summed E-state index contributed by atoms with van der Waals surface area (Å²) in [6.07, 6.45) is 0.327. The van der Waals surface area contributed by atoms with E-state index >= 15 is 0 Å². The first-order valence-corrected chi connectivity index (χ1v) is 5.43. The summed E-state index contributed by atoms with van der Waals surface area (Å²) in [5, 5.41) is 10.3. The highest BCUT2D eigenvalue weighted by molar-refractivity contribution is 7.12. The van der Waals surface area contributed by atoms with E-state index < -0.39 is 0 Å². The van der Waals surface area contributed by atoms with Crippen molar-refractivity contribution in [2.75, 3.05) is 12.8 Å². The fourth-order valence-corrected chi connectivity index (χ4v) is 1.92. The van der Waals surface area contributed by atoms with Gasteiger partial charge < -0.3 is 10.6 Å². The van der Waals surface area contributed by atoms with E-state index in [1.807, 2.05) is 13.0 Å². The SMILES string of the molecule is CC(CC#N)N(C)C(=O)c1sccc1N. The van der Waals surface area contributed by atoms with Crippen molar-refractivity contribution >= 4 is 22.9 Å².